The highest BCUT2D eigenvalue weighted by Gasteiger charge is 2.15. The van der Waals surface area contributed by atoms with Crippen LogP contribution in [0.1, 0.15) is 0 Å². The molecule has 0 bridgehead atoms. The number of thiazole rings is 1. The number of hydrogen-bond donors (Lipinski definition) is 2. The van der Waals surface area contributed by atoms with Gasteiger partial charge in [0.05, 0.1) is 10.6 Å². The van der Waals surface area contributed by atoms with E-state index in [-0.39, 0.29) is 16.6 Å². The number of amides is 1. The molecular formula is C20H16N4O3S3. The molecule has 0 aliphatic heterocycles. The maximum Gasteiger partial charge on any atom is 0.263 e. The maximum atomic E-state index is 12.4. The fourth-order valence-corrected chi connectivity index (χ4v) is 5.31. The lowest BCUT2D eigenvalue weighted by atomic mass is 10.2. The molecule has 0 aliphatic rings. The Morgan fingerprint density at radius 2 is 1.80 bits per heavy atom. The Hall–Kier alpha value is -2.95. The summed E-state index contributed by atoms with van der Waals surface area (Å²) >= 11 is 2.55. The van der Waals surface area contributed by atoms with Gasteiger partial charge in [0, 0.05) is 28.8 Å². The van der Waals surface area contributed by atoms with Crippen molar-refractivity contribution in [1.29, 1.82) is 0 Å². The van der Waals surface area contributed by atoms with Crippen molar-refractivity contribution in [2.45, 2.75) is 9.92 Å². The molecule has 0 fully saturated rings. The third kappa shape index (κ3) is 4.78. The lowest BCUT2D eigenvalue weighted by Gasteiger charge is -2.08. The van der Waals surface area contributed by atoms with Gasteiger partial charge in [-0.25, -0.2) is 18.4 Å². The number of rotatable bonds is 7. The van der Waals surface area contributed by atoms with Gasteiger partial charge in [-0.3, -0.25) is 9.52 Å². The first kappa shape index (κ1) is 20.3. The average Bonchev–Trinajstić information content (AvgIpc) is 3.25. The van der Waals surface area contributed by atoms with Crippen molar-refractivity contribution in [1.82, 2.24) is 9.97 Å². The third-order valence-corrected chi connectivity index (χ3v) is 7.26. The first-order valence-electron chi connectivity index (χ1n) is 8.80. The second-order valence-corrected chi connectivity index (χ2v) is 9.68. The topological polar surface area (TPSA) is 101 Å². The molecule has 30 heavy (non-hydrogen) atoms. The van der Waals surface area contributed by atoms with Crippen molar-refractivity contribution >= 4 is 60.6 Å². The highest BCUT2D eigenvalue weighted by atomic mass is 32.2. The van der Waals surface area contributed by atoms with Crippen LogP contribution in [0, 0.1) is 0 Å². The number of thioether (sulfide) groups is 1. The minimum Gasteiger partial charge on any atom is -0.325 e. The lowest BCUT2D eigenvalue weighted by Crippen LogP contribution is -2.15. The van der Waals surface area contributed by atoms with E-state index in [0.717, 1.165) is 15.8 Å². The molecule has 0 unspecified atom stereocenters. The third-order valence-electron chi connectivity index (χ3n) is 4.08. The van der Waals surface area contributed by atoms with Gasteiger partial charge >= 0.3 is 0 Å². The van der Waals surface area contributed by atoms with Gasteiger partial charge in [-0.1, -0.05) is 36.0 Å². The zero-order valence-electron chi connectivity index (χ0n) is 15.5. The van der Waals surface area contributed by atoms with Gasteiger partial charge in [-0.05, 0) is 35.7 Å². The molecule has 0 saturated heterocycles. The van der Waals surface area contributed by atoms with Crippen LogP contribution in [-0.2, 0) is 14.8 Å². The molecule has 2 N–H and O–H groups in total. The van der Waals surface area contributed by atoms with Crippen LogP contribution in [0.25, 0.3) is 10.8 Å². The van der Waals surface area contributed by atoms with Crippen LogP contribution >= 0.6 is 23.1 Å². The highest BCUT2D eigenvalue weighted by Crippen LogP contribution is 2.25. The molecule has 0 saturated carbocycles. The van der Waals surface area contributed by atoms with E-state index in [4.69, 9.17) is 0 Å². The molecule has 2 heterocycles. The Labute approximate surface area is 181 Å². The number of hydrogen-bond acceptors (Lipinski definition) is 7. The first-order chi connectivity index (χ1) is 14.5. The number of sulfonamides is 1. The Bertz CT molecular complexity index is 1270. The molecule has 2 aromatic carbocycles. The summed E-state index contributed by atoms with van der Waals surface area (Å²) in [6.45, 7) is 0. The van der Waals surface area contributed by atoms with Gasteiger partial charge in [-0.2, -0.15) is 0 Å². The number of carbonyl (C=O) groups excluding carboxylic acids is 1. The SMILES string of the molecule is O=C(CSc1nccc2ccccc12)Nc1ccc(S(=O)(=O)Nc2nccs2)cc1. The maximum absolute atomic E-state index is 12.4. The Morgan fingerprint density at radius 1 is 1.00 bits per heavy atom. The molecule has 0 spiro atoms. The average molecular weight is 457 g/mol. The van der Waals surface area contributed by atoms with E-state index in [9.17, 15) is 13.2 Å². The molecule has 0 aliphatic carbocycles. The second-order valence-electron chi connectivity index (χ2n) is 6.14. The van der Waals surface area contributed by atoms with Crippen molar-refractivity contribution in [2.24, 2.45) is 0 Å². The Morgan fingerprint density at radius 3 is 2.57 bits per heavy atom. The normalized spacial score (nSPS) is 11.3. The van der Waals surface area contributed by atoms with E-state index in [1.54, 1.807) is 23.7 Å². The lowest BCUT2D eigenvalue weighted by molar-refractivity contribution is -0.113. The summed E-state index contributed by atoms with van der Waals surface area (Å²) in [4.78, 5) is 20.7. The van der Waals surface area contributed by atoms with Gasteiger partial charge in [-0.15, -0.1) is 11.3 Å². The largest absolute Gasteiger partial charge is 0.325 e. The monoisotopic (exact) mass is 456 g/mol. The molecule has 10 heteroatoms. The summed E-state index contributed by atoms with van der Waals surface area (Å²) in [5.41, 5.74) is 0.514. The van der Waals surface area contributed by atoms with Crippen LogP contribution in [0.4, 0.5) is 10.8 Å². The number of pyridine rings is 1. The summed E-state index contributed by atoms with van der Waals surface area (Å²) in [5, 5.41) is 7.61. The number of benzene rings is 2. The second kappa shape index (κ2) is 8.82. The van der Waals surface area contributed by atoms with Crippen LogP contribution in [0.3, 0.4) is 0 Å². The first-order valence-corrected chi connectivity index (χ1v) is 12.1. The number of aromatic nitrogens is 2. The van der Waals surface area contributed by atoms with E-state index < -0.39 is 10.0 Å². The van der Waals surface area contributed by atoms with Crippen molar-refractivity contribution < 1.29 is 13.2 Å². The fourth-order valence-electron chi connectivity index (χ4n) is 2.70. The van der Waals surface area contributed by atoms with Gasteiger partial charge in [0.15, 0.2) is 5.13 Å². The molecule has 0 radical (unpaired) electrons. The van der Waals surface area contributed by atoms with Crippen LogP contribution < -0.4 is 10.0 Å². The van der Waals surface area contributed by atoms with Crippen molar-refractivity contribution in [2.75, 3.05) is 15.8 Å². The van der Waals surface area contributed by atoms with Crippen LogP contribution in [0.15, 0.2) is 82.3 Å². The smallest absolute Gasteiger partial charge is 0.263 e. The number of anilines is 2. The number of nitrogens with zero attached hydrogens (tertiary/aromatic N) is 2. The number of fused-ring (bicyclic) bond motifs is 1. The van der Waals surface area contributed by atoms with Crippen LogP contribution in [-0.4, -0.2) is 30.0 Å². The quantitative estimate of drug-likeness (QED) is 0.404. The molecule has 1 amide bonds. The van der Waals surface area contributed by atoms with Crippen LogP contribution in [0.2, 0.25) is 0 Å². The zero-order chi connectivity index (χ0) is 21.0. The van der Waals surface area contributed by atoms with Gasteiger partial charge < -0.3 is 5.32 Å². The highest BCUT2D eigenvalue weighted by molar-refractivity contribution is 8.00. The predicted molar refractivity (Wildman–Crippen MR) is 120 cm³/mol. The summed E-state index contributed by atoms with van der Waals surface area (Å²) in [5.74, 6) is -0.0154. The fraction of sp³-hybridized carbons (Fsp3) is 0.0500. The van der Waals surface area contributed by atoms with E-state index in [1.807, 2.05) is 30.3 Å². The van der Waals surface area contributed by atoms with Gasteiger partial charge in [0.1, 0.15) is 5.03 Å². The van der Waals surface area contributed by atoms with Gasteiger partial charge in [0.2, 0.25) is 5.91 Å². The molecule has 0 atom stereocenters. The minimum atomic E-state index is -3.72. The Balaban J connectivity index is 1.38. The summed E-state index contributed by atoms with van der Waals surface area (Å²) < 4.78 is 27.1. The van der Waals surface area contributed by atoms with E-state index in [1.165, 1.54) is 41.4 Å². The molecule has 7 nitrogen and oxygen atoms in total. The zero-order valence-corrected chi connectivity index (χ0v) is 17.9. The summed E-state index contributed by atoms with van der Waals surface area (Å²) in [6.07, 6.45) is 3.24. The minimum absolute atomic E-state index is 0.0880. The van der Waals surface area contributed by atoms with E-state index >= 15 is 0 Å². The molecular weight excluding hydrogens is 440 g/mol. The van der Waals surface area contributed by atoms with Crippen molar-refractivity contribution in [3.05, 3.63) is 72.4 Å². The molecule has 152 valence electrons. The molecule has 4 aromatic rings. The predicted octanol–water partition coefficient (Wildman–Crippen LogP) is 4.22. The van der Waals surface area contributed by atoms with Gasteiger partial charge in [0.25, 0.3) is 10.0 Å². The number of carbonyl (C=O) groups is 1. The van der Waals surface area contributed by atoms with Crippen LogP contribution in [0.5, 0.6) is 0 Å². The van der Waals surface area contributed by atoms with Crippen molar-refractivity contribution in [3.8, 4) is 0 Å². The number of nitrogens with one attached hydrogen (secondary N) is 2. The molecule has 2 aromatic heterocycles. The summed E-state index contributed by atoms with van der Waals surface area (Å²) in [6, 6.07) is 15.8. The van der Waals surface area contributed by atoms with E-state index in [2.05, 4.69) is 20.0 Å². The van der Waals surface area contributed by atoms with Crippen molar-refractivity contribution in [3.63, 3.8) is 0 Å². The standard InChI is InChI=1S/C20H16N4O3S3/c25-18(13-29-19-17-4-2-1-3-14(17)9-10-21-19)23-15-5-7-16(8-6-15)30(26,27)24-20-22-11-12-28-20/h1-12H,13H2,(H,22,24)(H,23,25). The van der Waals surface area contributed by atoms with E-state index in [0.29, 0.717) is 10.8 Å². The summed E-state index contributed by atoms with van der Waals surface area (Å²) in [7, 11) is -3.72. The molecule has 4 rings (SSSR count). The Kier molecular flexibility index (Phi) is 5.98.